The lowest BCUT2D eigenvalue weighted by molar-refractivity contribution is -0.385. The van der Waals surface area contributed by atoms with Crippen molar-refractivity contribution in [2.24, 2.45) is 0 Å². The van der Waals surface area contributed by atoms with Crippen LogP contribution in [0, 0.1) is 20.2 Å². The first kappa shape index (κ1) is 20.5. The molecule has 0 amide bonds. The van der Waals surface area contributed by atoms with Gasteiger partial charge in [0.05, 0.1) is 43.4 Å². The minimum absolute atomic E-state index is 0.0190. The zero-order valence-electron chi connectivity index (χ0n) is 16.7. The SMILES string of the molecule is O=[N+]([O-])c1ccccc1/C=C/c1nc2ccccc2nc1/C=C/c1ccccc1[N+](=O)[O-]. The van der Waals surface area contributed by atoms with Crippen LogP contribution in [0.2, 0.25) is 0 Å². The Hall–Kier alpha value is -4.72. The van der Waals surface area contributed by atoms with Crippen molar-refractivity contribution >= 4 is 46.7 Å². The molecule has 156 valence electrons. The lowest BCUT2D eigenvalue weighted by Crippen LogP contribution is -1.95. The minimum atomic E-state index is -0.443. The maximum absolute atomic E-state index is 11.3. The molecule has 0 radical (unpaired) electrons. The highest BCUT2D eigenvalue weighted by molar-refractivity contribution is 5.84. The van der Waals surface area contributed by atoms with E-state index in [0.29, 0.717) is 33.5 Å². The van der Waals surface area contributed by atoms with Gasteiger partial charge in [-0.05, 0) is 48.6 Å². The molecule has 0 aliphatic carbocycles. The highest BCUT2D eigenvalue weighted by Gasteiger charge is 2.12. The number of nitrogens with zero attached hydrogens (tertiary/aromatic N) is 4. The van der Waals surface area contributed by atoms with E-state index in [1.54, 1.807) is 60.7 Å². The Morgan fingerprint density at radius 2 is 0.938 bits per heavy atom. The third-order valence-electron chi connectivity index (χ3n) is 4.73. The number of nitro benzene ring substituents is 2. The molecule has 4 rings (SSSR count). The van der Waals surface area contributed by atoms with Gasteiger partial charge in [-0.1, -0.05) is 36.4 Å². The molecule has 0 N–H and O–H groups in total. The predicted octanol–water partition coefficient (Wildman–Crippen LogP) is 5.79. The summed E-state index contributed by atoms with van der Waals surface area (Å²) in [7, 11) is 0. The highest BCUT2D eigenvalue weighted by atomic mass is 16.6. The molecule has 4 aromatic rings. The Morgan fingerprint density at radius 1 is 0.562 bits per heavy atom. The second kappa shape index (κ2) is 8.97. The van der Waals surface area contributed by atoms with Crippen LogP contribution in [0.3, 0.4) is 0 Å². The zero-order chi connectivity index (χ0) is 22.5. The topological polar surface area (TPSA) is 112 Å². The third kappa shape index (κ3) is 4.39. The molecule has 1 heterocycles. The summed E-state index contributed by atoms with van der Waals surface area (Å²) in [4.78, 5) is 31.0. The van der Waals surface area contributed by atoms with Gasteiger partial charge in [0.25, 0.3) is 11.4 Å². The van der Waals surface area contributed by atoms with Crippen molar-refractivity contribution in [3.05, 3.63) is 116 Å². The molecule has 0 atom stereocenters. The van der Waals surface area contributed by atoms with Gasteiger partial charge in [0.1, 0.15) is 0 Å². The lowest BCUT2D eigenvalue weighted by Gasteiger charge is -2.04. The highest BCUT2D eigenvalue weighted by Crippen LogP contribution is 2.24. The van der Waals surface area contributed by atoms with Crippen molar-refractivity contribution in [1.82, 2.24) is 9.97 Å². The van der Waals surface area contributed by atoms with E-state index in [1.807, 2.05) is 24.3 Å². The zero-order valence-corrected chi connectivity index (χ0v) is 16.7. The Labute approximate surface area is 182 Å². The van der Waals surface area contributed by atoms with Gasteiger partial charge < -0.3 is 0 Å². The van der Waals surface area contributed by atoms with E-state index in [2.05, 4.69) is 9.97 Å². The number of hydrogen-bond acceptors (Lipinski definition) is 6. The summed E-state index contributed by atoms with van der Waals surface area (Å²) in [5, 5.41) is 22.6. The summed E-state index contributed by atoms with van der Waals surface area (Å²) in [5.41, 5.74) is 3.12. The summed E-state index contributed by atoms with van der Waals surface area (Å²) in [5.74, 6) is 0. The fourth-order valence-electron chi connectivity index (χ4n) is 3.20. The quantitative estimate of drug-likeness (QED) is 0.286. The van der Waals surface area contributed by atoms with E-state index in [1.165, 1.54) is 12.1 Å². The minimum Gasteiger partial charge on any atom is -0.258 e. The van der Waals surface area contributed by atoms with E-state index in [-0.39, 0.29) is 11.4 Å². The Bertz CT molecular complexity index is 1290. The van der Waals surface area contributed by atoms with Crippen molar-refractivity contribution in [1.29, 1.82) is 0 Å². The molecule has 0 aliphatic rings. The van der Waals surface area contributed by atoms with E-state index >= 15 is 0 Å². The third-order valence-corrected chi connectivity index (χ3v) is 4.73. The maximum Gasteiger partial charge on any atom is 0.276 e. The molecule has 0 spiro atoms. The summed E-state index contributed by atoms with van der Waals surface area (Å²) in [6.45, 7) is 0. The van der Waals surface area contributed by atoms with Crippen LogP contribution >= 0.6 is 0 Å². The Morgan fingerprint density at radius 3 is 1.34 bits per heavy atom. The van der Waals surface area contributed by atoms with Crippen molar-refractivity contribution in [2.45, 2.75) is 0 Å². The van der Waals surface area contributed by atoms with Crippen LogP contribution in [0.4, 0.5) is 11.4 Å². The number of fused-ring (bicyclic) bond motifs is 1. The van der Waals surface area contributed by atoms with Gasteiger partial charge in [-0.2, -0.15) is 0 Å². The Balaban J connectivity index is 1.80. The second-order valence-corrected chi connectivity index (χ2v) is 6.78. The van der Waals surface area contributed by atoms with Crippen LogP contribution in [0.15, 0.2) is 72.8 Å². The normalized spacial score (nSPS) is 11.4. The fraction of sp³-hybridized carbons (Fsp3) is 0. The molecule has 0 aliphatic heterocycles. The predicted molar refractivity (Wildman–Crippen MR) is 124 cm³/mol. The number of aromatic nitrogens is 2. The molecule has 0 unspecified atom stereocenters. The fourth-order valence-corrected chi connectivity index (χ4v) is 3.20. The molecule has 0 saturated heterocycles. The average molecular weight is 424 g/mol. The van der Waals surface area contributed by atoms with Gasteiger partial charge in [0, 0.05) is 12.1 Å². The lowest BCUT2D eigenvalue weighted by atomic mass is 10.1. The van der Waals surface area contributed by atoms with Crippen LogP contribution in [-0.4, -0.2) is 19.8 Å². The standard InChI is InChI=1S/C24H16N4O4/c29-27(30)23-11-5-1-7-17(23)13-15-21-22(26-20-10-4-3-9-19(20)25-21)16-14-18-8-2-6-12-24(18)28(31)32/h1-16H/b15-13+,16-14+. The van der Waals surface area contributed by atoms with E-state index < -0.39 is 9.85 Å². The molecule has 8 heteroatoms. The average Bonchev–Trinajstić information content (AvgIpc) is 2.81. The van der Waals surface area contributed by atoms with Gasteiger partial charge in [0.2, 0.25) is 0 Å². The number of nitro groups is 2. The van der Waals surface area contributed by atoms with E-state index in [9.17, 15) is 20.2 Å². The molecule has 32 heavy (non-hydrogen) atoms. The van der Waals surface area contributed by atoms with Crippen molar-refractivity contribution < 1.29 is 9.85 Å². The summed E-state index contributed by atoms with van der Waals surface area (Å²) in [6.07, 6.45) is 6.53. The number of para-hydroxylation sites is 4. The van der Waals surface area contributed by atoms with Gasteiger partial charge in [0.15, 0.2) is 0 Å². The van der Waals surface area contributed by atoms with Gasteiger partial charge in [-0.3, -0.25) is 20.2 Å². The summed E-state index contributed by atoms with van der Waals surface area (Å²) >= 11 is 0. The van der Waals surface area contributed by atoms with Crippen molar-refractivity contribution in [2.75, 3.05) is 0 Å². The van der Waals surface area contributed by atoms with Crippen LogP contribution in [0.5, 0.6) is 0 Å². The van der Waals surface area contributed by atoms with Crippen LogP contribution in [0.25, 0.3) is 35.3 Å². The van der Waals surface area contributed by atoms with Gasteiger partial charge >= 0.3 is 0 Å². The van der Waals surface area contributed by atoms with Crippen LogP contribution < -0.4 is 0 Å². The molecule has 1 aromatic heterocycles. The first-order valence-electron chi connectivity index (χ1n) is 9.63. The molecule has 3 aromatic carbocycles. The number of hydrogen-bond donors (Lipinski definition) is 0. The molecule has 0 bridgehead atoms. The second-order valence-electron chi connectivity index (χ2n) is 6.78. The largest absolute Gasteiger partial charge is 0.276 e. The van der Waals surface area contributed by atoms with E-state index in [4.69, 9.17) is 0 Å². The monoisotopic (exact) mass is 424 g/mol. The molecular formula is C24H16N4O4. The molecule has 0 saturated carbocycles. The number of benzene rings is 3. The van der Waals surface area contributed by atoms with Crippen molar-refractivity contribution in [3.8, 4) is 0 Å². The van der Waals surface area contributed by atoms with E-state index in [0.717, 1.165) is 0 Å². The first-order valence-corrected chi connectivity index (χ1v) is 9.63. The molecule has 8 nitrogen and oxygen atoms in total. The molecule has 0 fully saturated rings. The summed E-state index contributed by atoms with van der Waals surface area (Å²) < 4.78 is 0. The van der Waals surface area contributed by atoms with Gasteiger partial charge in [-0.25, -0.2) is 9.97 Å². The van der Waals surface area contributed by atoms with Crippen LogP contribution in [-0.2, 0) is 0 Å². The maximum atomic E-state index is 11.3. The van der Waals surface area contributed by atoms with Crippen molar-refractivity contribution in [3.63, 3.8) is 0 Å². The first-order chi connectivity index (χ1) is 15.5. The van der Waals surface area contributed by atoms with Crippen LogP contribution in [0.1, 0.15) is 22.5 Å². The molecular weight excluding hydrogens is 408 g/mol. The smallest absolute Gasteiger partial charge is 0.258 e. The summed E-state index contributed by atoms with van der Waals surface area (Å²) in [6, 6.07) is 20.1. The Kier molecular flexibility index (Phi) is 5.76. The number of rotatable bonds is 6. The van der Waals surface area contributed by atoms with Gasteiger partial charge in [-0.15, -0.1) is 0 Å².